The fourth-order valence-corrected chi connectivity index (χ4v) is 3.08. The Hall–Kier alpha value is -3.15. The van der Waals surface area contributed by atoms with Crippen LogP contribution in [0.1, 0.15) is 43.0 Å². The summed E-state index contributed by atoms with van der Waals surface area (Å²) in [4.78, 5) is 16.5. The summed E-state index contributed by atoms with van der Waals surface area (Å²) in [5, 5.41) is 10.1. The number of urea groups is 1. The molecule has 28 heavy (non-hydrogen) atoms. The zero-order chi connectivity index (χ0) is 20.1. The summed E-state index contributed by atoms with van der Waals surface area (Å²) >= 11 is 0. The lowest BCUT2D eigenvalue weighted by Crippen LogP contribution is -2.29. The molecule has 6 nitrogen and oxygen atoms in total. The first kappa shape index (κ1) is 19.6. The maximum atomic E-state index is 12.3. The van der Waals surface area contributed by atoms with Gasteiger partial charge in [0.1, 0.15) is 0 Å². The number of anilines is 1. The Morgan fingerprint density at radius 2 is 1.86 bits per heavy atom. The number of carbonyl (C=O) groups excluding carboxylic acids is 1. The number of aromatic nitrogens is 3. The van der Waals surface area contributed by atoms with Crippen molar-refractivity contribution in [2.24, 2.45) is 0 Å². The Bertz CT molecular complexity index is 938. The van der Waals surface area contributed by atoms with Gasteiger partial charge in [0, 0.05) is 30.8 Å². The van der Waals surface area contributed by atoms with E-state index < -0.39 is 0 Å². The minimum absolute atomic E-state index is 0.000619. The van der Waals surface area contributed by atoms with Gasteiger partial charge < -0.3 is 10.6 Å². The van der Waals surface area contributed by atoms with Crippen molar-refractivity contribution in [3.05, 3.63) is 77.4 Å². The van der Waals surface area contributed by atoms with Gasteiger partial charge in [-0.25, -0.2) is 4.79 Å². The maximum Gasteiger partial charge on any atom is 0.319 e. The predicted octanol–water partition coefficient (Wildman–Crippen LogP) is 4.25. The number of benzene rings is 1. The smallest absolute Gasteiger partial charge is 0.319 e. The molecule has 0 saturated carbocycles. The van der Waals surface area contributed by atoms with Gasteiger partial charge >= 0.3 is 6.03 Å². The first-order chi connectivity index (χ1) is 13.3. The second kappa shape index (κ2) is 8.25. The van der Waals surface area contributed by atoms with Gasteiger partial charge in [0.15, 0.2) is 0 Å². The van der Waals surface area contributed by atoms with Crippen LogP contribution in [0.4, 0.5) is 10.5 Å². The average Bonchev–Trinajstić information content (AvgIpc) is 3.06. The molecule has 0 spiro atoms. The number of hydrogen-bond acceptors (Lipinski definition) is 3. The van der Waals surface area contributed by atoms with E-state index in [2.05, 4.69) is 41.5 Å². The third-order valence-electron chi connectivity index (χ3n) is 4.47. The molecular weight excluding hydrogens is 350 g/mol. The van der Waals surface area contributed by atoms with Crippen LogP contribution < -0.4 is 10.6 Å². The maximum absolute atomic E-state index is 12.3. The van der Waals surface area contributed by atoms with Gasteiger partial charge in [0.25, 0.3) is 0 Å². The van der Waals surface area contributed by atoms with Crippen molar-refractivity contribution in [3.8, 4) is 0 Å². The van der Waals surface area contributed by atoms with Gasteiger partial charge in [-0.3, -0.25) is 9.67 Å². The minimum Gasteiger partial charge on any atom is -0.334 e. The van der Waals surface area contributed by atoms with Crippen LogP contribution in [0, 0.1) is 6.92 Å². The van der Waals surface area contributed by atoms with E-state index >= 15 is 0 Å². The average molecular weight is 377 g/mol. The molecule has 0 bridgehead atoms. The van der Waals surface area contributed by atoms with Crippen molar-refractivity contribution >= 4 is 11.7 Å². The van der Waals surface area contributed by atoms with Crippen molar-refractivity contribution in [3.63, 3.8) is 0 Å². The van der Waals surface area contributed by atoms with E-state index in [1.807, 2.05) is 60.5 Å². The van der Waals surface area contributed by atoms with Crippen molar-refractivity contribution in [1.82, 2.24) is 20.1 Å². The molecule has 2 amide bonds. The third-order valence-corrected chi connectivity index (χ3v) is 4.47. The minimum atomic E-state index is -0.237. The highest BCUT2D eigenvalue weighted by Crippen LogP contribution is 2.24. The summed E-state index contributed by atoms with van der Waals surface area (Å²) in [5.74, 6) is 0. The van der Waals surface area contributed by atoms with Crippen molar-refractivity contribution in [1.29, 1.82) is 0 Å². The fourth-order valence-electron chi connectivity index (χ4n) is 3.08. The molecule has 0 aliphatic heterocycles. The Balaban J connectivity index is 1.55. The lowest BCUT2D eigenvalue weighted by atomic mass is 9.85. The van der Waals surface area contributed by atoms with Gasteiger partial charge in [0.2, 0.25) is 0 Å². The molecule has 1 aromatic carbocycles. The number of aryl methyl sites for hydroxylation is 1. The van der Waals surface area contributed by atoms with Crippen molar-refractivity contribution in [2.75, 3.05) is 5.32 Å². The van der Waals surface area contributed by atoms with Crippen LogP contribution in [-0.4, -0.2) is 20.8 Å². The van der Waals surface area contributed by atoms with E-state index in [1.54, 1.807) is 6.20 Å². The van der Waals surface area contributed by atoms with Crippen LogP contribution in [0.25, 0.3) is 0 Å². The highest BCUT2D eigenvalue weighted by Gasteiger charge is 2.17. The number of hydrogen-bond donors (Lipinski definition) is 2. The second-order valence-electron chi connectivity index (χ2n) is 8.00. The second-order valence-corrected chi connectivity index (χ2v) is 8.00. The van der Waals surface area contributed by atoms with E-state index in [0.717, 1.165) is 22.4 Å². The zero-order valence-electron chi connectivity index (χ0n) is 16.9. The molecular formula is C22H27N5O. The van der Waals surface area contributed by atoms with Crippen molar-refractivity contribution in [2.45, 2.75) is 46.2 Å². The number of amides is 2. The van der Waals surface area contributed by atoms with E-state index in [0.29, 0.717) is 13.1 Å². The van der Waals surface area contributed by atoms with Crippen LogP contribution in [0.5, 0.6) is 0 Å². The molecule has 6 heteroatoms. The normalized spacial score (nSPS) is 11.3. The largest absolute Gasteiger partial charge is 0.334 e. The van der Waals surface area contributed by atoms with Crippen LogP contribution in [0.15, 0.2) is 55.1 Å². The Kier molecular flexibility index (Phi) is 5.78. The molecule has 2 aromatic heterocycles. The fraction of sp³-hybridized carbons (Fsp3) is 0.318. The van der Waals surface area contributed by atoms with Gasteiger partial charge in [-0.2, -0.15) is 5.10 Å². The lowest BCUT2D eigenvalue weighted by molar-refractivity contribution is 0.251. The van der Waals surface area contributed by atoms with E-state index in [1.165, 1.54) is 5.56 Å². The molecule has 0 aliphatic rings. The molecule has 0 atom stereocenters. The molecule has 0 radical (unpaired) electrons. The SMILES string of the molecule is Cc1cnn(Cc2ccc(NC(=O)NCc3cnccc3C(C)(C)C)cc2)c1. The molecule has 2 N–H and O–H groups in total. The highest BCUT2D eigenvalue weighted by molar-refractivity contribution is 5.89. The molecule has 2 heterocycles. The molecule has 3 rings (SSSR count). The summed E-state index contributed by atoms with van der Waals surface area (Å²) in [5.41, 5.74) is 5.22. The monoisotopic (exact) mass is 377 g/mol. The molecule has 0 fully saturated rings. The number of carbonyl (C=O) groups is 1. The van der Waals surface area contributed by atoms with Gasteiger partial charge in [0.05, 0.1) is 12.7 Å². The summed E-state index contributed by atoms with van der Waals surface area (Å²) in [7, 11) is 0. The van der Waals surface area contributed by atoms with E-state index in [-0.39, 0.29) is 11.4 Å². The van der Waals surface area contributed by atoms with Crippen molar-refractivity contribution < 1.29 is 4.79 Å². The van der Waals surface area contributed by atoms with Gasteiger partial charge in [-0.05, 0) is 52.8 Å². The van der Waals surface area contributed by atoms with E-state index in [4.69, 9.17) is 0 Å². The molecule has 146 valence electrons. The van der Waals surface area contributed by atoms with Crippen LogP contribution in [0.2, 0.25) is 0 Å². The third kappa shape index (κ3) is 5.19. The number of rotatable bonds is 5. The topological polar surface area (TPSA) is 71.8 Å². The zero-order valence-corrected chi connectivity index (χ0v) is 16.9. The van der Waals surface area contributed by atoms with Gasteiger partial charge in [-0.1, -0.05) is 32.9 Å². The number of nitrogens with zero attached hydrogens (tertiary/aromatic N) is 3. The molecule has 0 saturated heterocycles. The first-order valence-electron chi connectivity index (χ1n) is 9.37. The van der Waals surface area contributed by atoms with Crippen LogP contribution in [0.3, 0.4) is 0 Å². The predicted molar refractivity (Wildman–Crippen MR) is 111 cm³/mol. The first-order valence-corrected chi connectivity index (χ1v) is 9.37. The summed E-state index contributed by atoms with van der Waals surface area (Å²) in [6.07, 6.45) is 7.44. The summed E-state index contributed by atoms with van der Waals surface area (Å²) in [6, 6.07) is 9.55. The Morgan fingerprint density at radius 3 is 2.50 bits per heavy atom. The molecule has 3 aromatic rings. The summed E-state index contributed by atoms with van der Waals surface area (Å²) < 4.78 is 1.89. The van der Waals surface area contributed by atoms with Gasteiger partial charge in [-0.15, -0.1) is 0 Å². The molecule has 0 unspecified atom stereocenters. The standard InChI is InChI=1S/C22H27N5O/c1-16-11-25-27(14-16)15-17-5-7-19(8-6-17)26-21(28)24-13-18-12-23-10-9-20(18)22(2,3)4/h5-12,14H,13,15H2,1-4H3,(H2,24,26,28). The quantitative estimate of drug-likeness (QED) is 0.698. The number of nitrogens with one attached hydrogen (secondary N) is 2. The van der Waals surface area contributed by atoms with Crippen LogP contribution in [-0.2, 0) is 18.5 Å². The number of pyridine rings is 1. The Morgan fingerprint density at radius 1 is 1.11 bits per heavy atom. The lowest BCUT2D eigenvalue weighted by Gasteiger charge is -2.22. The molecule has 0 aliphatic carbocycles. The Labute approximate surface area is 166 Å². The van der Waals surface area contributed by atoms with Crippen LogP contribution >= 0.6 is 0 Å². The highest BCUT2D eigenvalue weighted by atomic mass is 16.2. The summed E-state index contributed by atoms with van der Waals surface area (Å²) in [6.45, 7) is 9.61. The van der Waals surface area contributed by atoms with E-state index in [9.17, 15) is 4.79 Å².